The van der Waals surface area contributed by atoms with E-state index in [1.807, 2.05) is 18.2 Å². The van der Waals surface area contributed by atoms with Gasteiger partial charge in [0.2, 0.25) is 5.91 Å². The highest BCUT2D eigenvalue weighted by molar-refractivity contribution is 8.01. The lowest BCUT2D eigenvalue weighted by Gasteiger charge is -2.23. The third kappa shape index (κ3) is 4.29. The van der Waals surface area contributed by atoms with E-state index >= 15 is 0 Å². The van der Waals surface area contributed by atoms with Gasteiger partial charge >= 0.3 is 0 Å². The molecule has 0 saturated carbocycles. The van der Waals surface area contributed by atoms with Crippen molar-refractivity contribution in [3.8, 4) is 0 Å². The molecule has 1 amide bonds. The first kappa shape index (κ1) is 17.7. The number of thioether (sulfide) groups is 1. The number of rotatable bonds is 6. The summed E-state index contributed by atoms with van der Waals surface area (Å²) >= 11 is 3.35. The second kappa shape index (κ2) is 7.41. The van der Waals surface area contributed by atoms with Crippen molar-refractivity contribution in [2.24, 2.45) is 0 Å². The first-order valence-corrected chi connectivity index (χ1v) is 11.5. The van der Waals surface area contributed by atoms with Crippen molar-refractivity contribution in [1.82, 2.24) is 9.88 Å². The predicted octanol–water partition coefficient (Wildman–Crippen LogP) is 2.81. The lowest BCUT2D eigenvalue weighted by Crippen LogP contribution is -2.37. The molecule has 3 rings (SSSR count). The lowest BCUT2D eigenvalue weighted by molar-refractivity contribution is -0.131. The second-order valence-corrected chi connectivity index (χ2v) is 10.6. The number of amides is 1. The van der Waals surface area contributed by atoms with Crippen molar-refractivity contribution in [3.05, 3.63) is 24.3 Å². The topological polar surface area (TPSA) is 67.3 Å². The Labute approximate surface area is 150 Å². The average Bonchev–Trinajstić information content (AvgIpc) is 3.13. The largest absolute Gasteiger partial charge is 0.342 e. The first-order chi connectivity index (χ1) is 11.4. The van der Waals surface area contributed by atoms with E-state index in [2.05, 4.69) is 11.1 Å². The summed E-state index contributed by atoms with van der Waals surface area (Å²) in [5.41, 5.74) is 1.02. The number of carbonyl (C=O) groups excluding carboxylic acids is 1. The van der Waals surface area contributed by atoms with Gasteiger partial charge in [0.15, 0.2) is 14.2 Å². The lowest BCUT2D eigenvalue weighted by atomic mass is 10.2. The monoisotopic (exact) mass is 384 g/mol. The van der Waals surface area contributed by atoms with E-state index in [9.17, 15) is 13.2 Å². The number of fused-ring (bicyclic) bond motifs is 1. The molecule has 1 fully saturated rings. The Balaban J connectivity index is 1.43. The van der Waals surface area contributed by atoms with Crippen LogP contribution in [-0.2, 0) is 14.6 Å². The maximum Gasteiger partial charge on any atom is 0.222 e. The second-order valence-electron chi connectivity index (χ2n) is 5.96. The minimum atomic E-state index is -2.95. The molecule has 0 N–H and O–H groups in total. The molecule has 0 bridgehead atoms. The zero-order valence-corrected chi connectivity index (χ0v) is 15.9. The fraction of sp³-hybridized carbons (Fsp3) is 0.500. The number of hydrogen-bond acceptors (Lipinski definition) is 6. The standard InChI is InChI=1S/C16H20N2O3S3/c1-18(12-8-10-24(20,21)11-12)15(19)7-4-9-22-16-17-13-5-2-3-6-14(13)23-16/h2-3,5-6,12H,4,7-11H2,1H3/t12-/m0/s1. The van der Waals surface area contributed by atoms with Crippen LogP contribution in [0.15, 0.2) is 28.6 Å². The molecule has 1 aromatic heterocycles. The summed E-state index contributed by atoms with van der Waals surface area (Å²) in [5.74, 6) is 1.17. The highest BCUT2D eigenvalue weighted by atomic mass is 32.2. The minimum absolute atomic E-state index is 0.0296. The molecule has 1 aliphatic heterocycles. The molecule has 0 spiro atoms. The molecule has 1 aliphatic rings. The van der Waals surface area contributed by atoms with Gasteiger partial charge in [-0.1, -0.05) is 23.9 Å². The van der Waals surface area contributed by atoms with E-state index in [0.29, 0.717) is 12.8 Å². The van der Waals surface area contributed by atoms with Crippen molar-refractivity contribution in [2.75, 3.05) is 24.3 Å². The van der Waals surface area contributed by atoms with Gasteiger partial charge in [-0.15, -0.1) is 11.3 Å². The summed E-state index contributed by atoms with van der Waals surface area (Å²) in [6, 6.07) is 7.90. The molecular weight excluding hydrogens is 364 g/mol. The maximum atomic E-state index is 12.2. The smallest absolute Gasteiger partial charge is 0.222 e. The maximum absolute atomic E-state index is 12.2. The summed E-state index contributed by atoms with van der Waals surface area (Å²) in [6.45, 7) is 0. The number of benzene rings is 1. The van der Waals surface area contributed by atoms with Crippen molar-refractivity contribution in [1.29, 1.82) is 0 Å². The van der Waals surface area contributed by atoms with Crippen LogP contribution in [0.25, 0.3) is 10.2 Å². The van der Waals surface area contributed by atoms with Gasteiger partial charge in [-0.25, -0.2) is 13.4 Å². The third-order valence-electron chi connectivity index (χ3n) is 4.18. The van der Waals surface area contributed by atoms with Crippen LogP contribution in [0, 0.1) is 0 Å². The third-order valence-corrected chi connectivity index (χ3v) is 8.20. The molecule has 0 unspecified atom stereocenters. The number of hydrogen-bond donors (Lipinski definition) is 0. The van der Waals surface area contributed by atoms with Crippen LogP contribution in [-0.4, -0.2) is 54.6 Å². The van der Waals surface area contributed by atoms with Crippen molar-refractivity contribution >= 4 is 49.1 Å². The molecule has 5 nitrogen and oxygen atoms in total. The Kier molecular flexibility index (Phi) is 5.46. The van der Waals surface area contributed by atoms with Crippen LogP contribution >= 0.6 is 23.1 Å². The Morgan fingerprint density at radius 3 is 2.92 bits per heavy atom. The van der Waals surface area contributed by atoms with Gasteiger partial charge in [0.1, 0.15) is 0 Å². The molecule has 0 radical (unpaired) electrons. The van der Waals surface area contributed by atoms with E-state index in [1.54, 1.807) is 35.0 Å². The van der Waals surface area contributed by atoms with Crippen molar-refractivity contribution < 1.29 is 13.2 Å². The Hall–Kier alpha value is -1.12. The number of carbonyl (C=O) groups is 1. The molecule has 1 aromatic carbocycles. The summed E-state index contributed by atoms with van der Waals surface area (Å²) in [7, 11) is -1.24. The number of sulfone groups is 1. The molecule has 2 heterocycles. The van der Waals surface area contributed by atoms with Gasteiger partial charge in [0.25, 0.3) is 0 Å². The first-order valence-electron chi connectivity index (χ1n) is 7.89. The number of aromatic nitrogens is 1. The quantitative estimate of drug-likeness (QED) is 0.566. The van der Waals surface area contributed by atoms with Gasteiger partial charge in [-0.05, 0) is 25.0 Å². The Bertz CT molecular complexity index is 799. The van der Waals surface area contributed by atoms with Gasteiger partial charge in [0, 0.05) is 25.3 Å². The Morgan fingerprint density at radius 1 is 1.42 bits per heavy atom. The van der Waals surface area contributed by atoms with E-state index in [0.717, 1.165) is 22.0 Å². The zero-order valence-electron chi connectivity index (χ0n) is 13.5. The van der Waals surface area contributed by atoms with Gasteiger partial charge in [0.05, 0.1) is 21.7 Å². The van der Waals surface area contributed by atoms with E-state index in [1.165, 1.54) is 4.70 Å². The molecular formula is C16H20N2O3S3. The van der Waals surface area contributed by atoms with Crippen LogP contribution < -0.4 is 0 Å². The SMILES string of the molecule is CN(C(=O)CCCSc1nc2ccccc2s1)[C@H]1CCS(=O)(=O)C1. The van der Waals surface area contributed by atoms with Gasteiger partial charge in [-0.3, -0.25) is 4.79 Å². The van der Waals surface area contributed by atoms with Crippen LogP contribution in [0.5, 0.6) is 0 Å². The number of nitrogens with zero attached hydrogens (tertiary/aromatic N) is 2. The van der Waals surface area contributed by atoms with Gasteiger partial charge in [-0.2, -0.15) is 0 Å². The molecule has 1 saturated heterocycles. The number of thiazole rings is 1. The van der Waals surface area contributed by atoms with E-state index in [4.69, 9.17) is 0 Å². The van der Waals surface area contributed by atoms with E-state index < -0.39 is 9.84 Å². The molecule has 0 aliphatic carbocycles. The normalized spacial score (nSPS) is 19.6. The van der Waals surface area contributed by atoms with Crippen LogP contribution in [0.2, 0.25) is 0 Å². The summed E-state index contributed by atoms with van der Waals surface area (Å²) in [5, 5.41) is 0. The zero-order chi connectivity index (χ0) is 17.2. The molecule has 1 atom stereocenters. The fourth-order valence-electron chi connectivity index (χ4n) is 2.76. The average molecular weight is 385 g/mol. The number of para-hydroxylation sites is 1. The highest BCUT2D eigenvalue weighted by Gasteiger charge is 2.32. The van der Waals surface area contributed by atoms with Crippen LogP contribution in [0.1, 0.15) is 19.3 Å². The van der Waals surface area contributed by atoms with E-state index in [-0.39, 0.29) is 23.5 Å². The Morgan fingerprint density at radius 2 is 2.21 bits per heavy atom. The fourth-order valence-corrected chi connectivity index (χ4v) is 6.61. The van der Waals surface area contributed by atoms with Crippen LogP contribution in [0.4, 0.5) is 0 Å². The minimum Gasteiger partial charge on any atom is -0.342 e. The molecule has 2 aromatic rings. The van der Waals surface area contributed by atoms with Crippen molar-refractivity contribution in [3.63, 3.8) is 0 Å². The summed E-state index contributed by atoms with van der Waals surface area (Å²) < 4.78 is 25.2. The summed E-state index contributed by atoms with van der Waals surface area (Å²) in [6.07, 6.45) is 1.78. The highest BCUT2D eigenvalue weighted by Crippen LogP contribution is 2.29. The van der Waals surface area contributed by atoms with Crippen LogP contribution in [0.3, 0.4) is 0 Å². The molecule has 130 valence electrons. The summed E-state index contributed by atoms with van der Waals surface area (Å²) in [4.78, 5) is 18.4. The predicted molar refractivity (Wildman–Crippen MR) is 99.4 cm³/mol. The molecule has 24 heavy (non-hydrogen) atoms. The molecule has 8 heteroatoms. The van der Waals surface area contributed by atoms with Crippen molar-refractivity contribution in [2.45, 2.75) is 29.6 Å². The van der Waals surface area contributed by atoms with Gasteiger partial charge < -0.3 is 4.90 Å².